The molecular weight excluding hydrogens is 251 g/mol. The van der Waals surface area contributed by atoms with Crippen molar-refractivity contribution in [2.45, 2.75) is 19.4 Å². The van der Waals surface area contributed by atoms with Crippen molar-refractivity contribution in [3.05, 3.63) is 32.8 Å². The number of aliphatic hydroxyl groups excluding tert-OH is 1. The van der Waals surface area contributed by atoms with E-state index in [0.29, 0.717) is 0 Å². The Morgan fingerprint density at radius 1 is 1.54 bits per heavy atom. The number of aliphatic hydroxyl groups is 1. The summed E-state index contributed by atoms with van der Waals surface area (Å²) in [4.78, 5) is 0. The van der Waals surface area contributed by atoms with Gasteiger partial charge in [-0.3, -0.25) is 0 Å². The smallest absolute Gasteiger partial charge is 0.0822 e. The predicted molar refractivity (Wildman–Crippen MR) is 57.0 cm³/mol. The third kappa shape index (κ3) is 1.51. The summed E-state index contributed by atoms with van der Waals surface area (Å²) in [6.45, 7) is 2.04. The third-order valence-electron chi connectivity index (χ3n) is 2.58. The molecule has 2 unspecified atom stereocenters. The fraction of sp³-hybridized carbons (Fsp3) is 0.400. The maximum atomic E-state index is 9.82. The summed E-state index contributed by atoms with van der Waals surface area (Å²) in [5.74, 6) is 0.279. The van der Waals surface area contributed by atoms with Crippen molar-refractivity contribution in [2.24, 2.45) is 5.92 Å². The minimum absolute atomic E-state index is 0.279. The second-order valence-electron chi connectivity index (χ2n) is 3.58. The Hall–Kier alpha value is -0.0500. The molecule has 2 rings (SSSR count). The third-order valence-corrected chi connectivity index (χ3v) is 3.37. The molecule has 0 spiro atoms. The van der Waals surface area contributed by atoms with Crippen molar-refractivity contribution < 1.29 is 5.11 Å². The van der Waals surface area contributed by atoms with Gasteiger partial charge in [0.25, 0.3) is 0 Å². The van der Waals surface area contributed by atoms with Gasteiger partial charge >= 0.3 is 0 Å². The monoisotopic (exact) mass is 260 g/mol. The minimum atomic E-state index is -0.356. The average molecular weight is 262 g/mol. The predicted octanol–water partition coefficient (Wildman–Crippen LogP) is 3.33. The van der Waals surface area contributed by atoms with Crippen LogP contribution < -0.4 is 0 Å². The molecule has 0 radical (unpaired) electrons. The van der Waals surface area contributed by atoms with Gasteiger partial charge in [0.1, 0.15) is 0 Å². The molecule has 0 saturated carbocycles. The molecule has 0 aliphatic heterocycles. The van der Waals surface area contributed by atoms with Gasteiger partial charge in [0.15, 0.2) is 0 Å². The normalized spacial score (nSPS) is 26.2. The number of hydrogen-bond donors (Lipinski definition) is 1. The Bertz CT molecular complexity index is 351. The molecule has 70 valence electrons. The van der Waals surface area contributed by atoms with E-state index in [1.54, 1.807) is 0 Å². The number of rotatable bonds is 0. The Morgan fingerprint density at radius 2 is 2.23 bits per heavy atom. The molecule has 1 aliphatic rings. The van der Waals surface area contributed by atoms with Crippen molar-refractivity contribution >= 4 is 27.5 Å². The van der Waals surface area contributed by atoms with Gasteiger partial charge in [-0.2, -0.15) is 0 Å². The maximum absolute atomic E-state index is 9.82. The minimum Gasteiger partial charge on any atom is -0.388 e. The fourth-order valence-corrected chi connectivity index (χ4v) is 2.75. The molecule has 1 aromatic carbocycles. The van der Waals surface area contributed by atoms with Crippen LogP contribution in [0.1, 0.15) is 24.2 Å². The lowest BCUT2D eigenvalue weighted by molar-refractivity contribution is 0.133. The van der Waals surface area contributed by atoms with Crippen LogP contribution in [0.2, 0.25) is 5.02 Å². The first-order valence-corrected chi connectivity index (χ1v) is 5.42. The molecule has 0 heterocycles. The molecule has 0 amide bonds. The van der Waals surface area contributed by atoms with Crippen molar-refractivity contribution in [2.75, 3.05) is 0 Å². The van der Waals surface area contributed by atoms with E-state index in [1.165, 1.54) is 0 Å². The zero-order chi connectivity index (χ0) is 9.59. The molecule has 2 atom stereocenters. The van der Waals surface area contributed by atoms with Crippen molar-refractivity contribution in [3.8, 4) is 0 Å². The van der Waals surface area contributed by atoms with Gasteiger partial charge in [0.2, 0.25) is 0 Å². The Morgan fingerprint density at radius 3 is 2.92 bits per heavy atom. The Kier molecular flexibility index (Phi) is 2.39. The average Bonchev–Trinajstić information content (AvgIpc) is 2.32. The van der Waals surface area contributed by atoms with E-state index >= 15 is 0 Å². The van der Waals surface area contributed by atoms with Crippen LogP contribution in [0.3, 0.4) is 0 Å². The molecule has 0 bridgehead atoms. The summed E-state index contributed by atoms with van der Waals surface area (Å²) in [6, 6.07) is 3.83. The largest absolute Gasteiger partial charge is 0.388 e. The van der Waals surface area contributed by atoms with E-state index in [-0.39, 0.29) is 12.0 Å². The van der Waals surface area contributed by atoms with Gasteiger partial charge in [-0.05, 0) is 35.6 Å². The molecule has 1 aromatic rings. The van der Waals surface area contributed by atoms with Crippen LogP contribution >= 0.6 is 27.5 Å². The molecule has 0 saturated heterocycles. The molecule has 0 fully saturated rings. The van der Waals surface area contributed by atoms with Gasteiger partial charge in [-0.15, -0.1) is 0 Å². The summed E-state index contributed by atoms with van der Waals surface area (Å²) in [5.41, 5.74) is 2.08. The highest BCUT2D eigenvalue weighted by atomic mass is 79.9. The highest BCUT2D eigenvalue weighted by Crippen LogP contribution is 2.40. The molecule has 13 heavy (non-hydrogen) atoms. The summed E-state index contributed by atoms with van der Waals surface area (Å²) < 4.78 is 0.935. The van der Waals surface area contributed by atoms with Crippen LogP contribution in [0.15, 0.2) is 16.6 Å². The highest BCUT2D eigenvalue weighted by Gasteiger charge is 2.29. The molecule has 3 heteroatoms. The highest BCUT2D eigenvalue weighted by molar-refractivity contribution is 9.10. The van der Waals surface area contributed by atoms with Gasteiger partial charge in [-0.1, -0.05) is 34.5 Å². The zero-order valence-corrected chi connectivity index (χ0v) is 9.56. The lowest BCUT2D eigenvalue weighted by Gasteiger charge is -2.08. The van der Waals surface area contributed by atoms with Gasteiger partial charge in [-0.25, -0.2) is 0 Å². The zero-order valence-electron chi connectivity index (χ0n) is 7.22. The molecule has 1 N–H and O–H groups in total. The molecular formula is C10H10BrClO. The topological polar surface area (TPSA) is 20.2 Å². The second kappa shape index (κ2) is 3.26. The first-order valence-electron chi connectivity index (χ1n) is 4.25. The van der Waals surface area contributed by atoms with Crippen LogP contribution in [-0.4, -0.2) is 5.11 Å². The van der Waals surface area contributed by atoms with E-state index in [9.17, 15) is 5.11 Å². The van der Waals surface area contributed by atoms with Crippen molar-refractivity contribution in [1.29, 1.82) is 0 Å². The van der Waals surface area contributed by atoms with E-state index in [4.69, 9.17) is 11.6 Å². The second-order valence-corrected chi connectivity index (χ2v) is 4.90. The van der Waals surface area contributed by atoms with Crippen LogP contribution in [0, 0.1) is 5.92 Å². The van der Waals surface area contributed by atoms with Gasteiger partial charge in [0, 0.05) is 9.50 Å². The first-order chi connectivity index (χ1) is 6.09. The standard InChI is InChI=1S/C10H10BrClO/c1-5-2-7-8(10(5)13)3-6(11)4-9(7)12/h3-5,10,13H,2H2,1H3. The summed E-state index contributed by atoms with van der Waals surface area (Å²) in [5, 5.41) is 10.6. The molecule has 1 nitrogen and oxygen atoms in total. The Labute approximate surface area is 90.9 Å². The van der Waals surface area contributed by atoms with E-state index in [2.05, 4.69) is 15.9 Å². The number of fused-ring (bicyclic) bond motifs is 1. The fourth-order valence-electron chi connectivity index (χ4n) is 1.84. The molecule has 1 aliphatic carbocycles. The van der Waals surface area contributed by atoms with E-state index < -0.39 is 0 Å². The maximum Gasteiger partial charge on any atom is 0.0822 e. The Balaban J connectivity index is 2.57. The van der Waals surface area contributed by atoms with Crippen LogP contribution in [0.4, 0.5) is 0 Å². The van der Waals surface area contributed by atoms with Gasteiger partial charge < -0.3 is 5.11 Å². The van der Waals surface area contributed by atoms with Crippen LogP contribution in [0.5, 0.6) is 0 Å². The lowest BCUT2D eigenvalue weighted by Crippen LogP contribution is -2.00. The van der Waals surface area contributed by atoms with E-state index in [0.717, 1.165) is 27.0 Å². The SMILES string of the molecule is CC1Cc2c(Cl)cc(Br)cc2C1O. The van der Waals surface area contributed by atoms with Crippen LogP contribution in [-0.2, 0) is 6.42 Å². The number of halogens is 2. The summed E-state index contributed by atoms with van der Waals surface area (Å²) >= 11 is 9.43. The number of hydrogen-bond acceptors (Lipinski definition) is 1. The van der Waals surface area contributed by atoms with Crippen molar-refractivity contribution in [1.82, 2.24) is 0 Å². The molecule has 0 aromatic heterocycles. The quantitative estimate of drug-likeness (QED) is 0.759. The van der Waals surface area contributed by atoms with Crippen LogP contribution in [0.25, 0.3) is 0 Å². The first kappa shape index (κ1) is 9.50. The number of benzene rings is 1. The lowest BCUT2D eigenvalue weighted by atomic mass is 10.1. The van der Waals surface area contributed by atoms with E-state index in [1.807, 2.05) is 19.1 Å². The van der Waals surface area contributed by atoms with Crippen molar-refractivity contribution in [3.63, 3.8) is 0 Å². The summed E-state index contributed by atoms with van der Waals surface area (Å²) in [7, 11) is 0. The van der Waals surface area contributed by atoms with Gasteiger partial charge in [0.05, 0.1) is 6.10 Å². The summed E-state index contributed by atoms with van der Waals surface area (Å²) in [6.07, 6.45) is 0.521.